The number of nitrogens with zero attached hydrogens (tertiary/aromatic N) is 5. The standard InChI is InChI=1S/C21H14F3N5O2/c22-15-4-1-5-17(9-15)29(21(30)14-3-2-8-25-10-14)12-16-7-6-13(11-26-16)19-27-28-20(31-19)18(23)24/h1-11,18H,12H2. The molecule has 156 valence electrons. The molecule has 1 aromatic carbocycles. The van der Waals surface area contributed by atoms with Gasteiger partial charge < -0.3 is 9.32 Å². The Morgan fingerprint density at radius 3 is 2.58 bits per heavy atom. The normalized spacial score (nSPS) is 11.0. The molecule has 0 saturated carbocycles. The van der Waals surface area contributed by atoms with Crippen molar-refractivity contribution in [3.63, 3.8) is 0 Å². The minimum Gasteiger partial charge on any atom is -0.415 e. The van der Waals surface area contributed by atoms with E-state index in [4.69, 9.17) is 4.42 Å². The Labute approximate surface area is 174 Å². The maximum atomic E-state index is 13.8. The highest BCUT2D eigenvalue weighted by atomic mass is 19.3. The summed E-state index contributed by atoms with van der Waals surface area (Å²) in [5.74, 6) is -1.75. The highest BCUT2D eigenvalue weighted by molar-refractivity contribution is 6.05. The minimum atomic E-state index is -2.87. The van der Waals surface area contributed by atoms with Gasteiger partial charge >= 0.3 is 6.43 Å². The molecule has 10 heteroatoms. The van der Waals surface area contributed by atoms with Crippen LogP contribution >= 0.6 is 0 Å². The molecule has 1 amide bonds. The van der Waals surface area contributed by atoms with Crippen molar-refractivity contribution in [2.45, 2.75) is 13.0 Å². The van der Waals surface area contributed by atoms with E-state index in [1.54, 1.807) is 36.5 Å². The van der Waals surface area contributed by atoms with Gasteiger partial charge in [0.25, 0.3) is 11.8 Å². The van der Waals surface area contributed by atoms with Gasteiger partial charge in [0.2, 0.25) is 5.89 Å². The Morgan fingerprint density at radius 2 is 1.94 bits per heavy atom. The molecule has 3 aromatic heterocycles. The van der Waals surface area contributed by atoms with E-state index < -0.39 is 18.1 Å². The molecule has 0 fully saturated rings. The predicted octanol–water partition coefficient (Wildman–Crippen LogP) is 4.45. The topological polar surface area (TPSA) is 85.0 Å². The van der Waals surface area contributed by atoms with Gasteiger partial charge in [-0.3, -0.25) is 14.8 Å². The third-order valence-corrected chi connectivity index (χ3v) is 4.29. The first kappa shape index (κ1) is 20.2. The van der Waals surface area contributed by atoms with Gasteiger partial charge in [0.05, 0.1) is 23.4 Å². The quantitative estimate of drug-likeness (QED) is 0.454. The van der Waals surface area contributed by atoms with Crippen LogP contribution in [-0.2, 0) is 6.54 Å². The SMILES string of the molecule is O=C(c1cccnc1)N(Cc1ccc(-c2nnc(C(F)F)o2)cn1)c1cccc(F)c1. The van der Waals surface area contributed by atoms with E-state index in [0.29, 0.717) is 22.5 Å². The second kappa shape index (κ2) is 8.74. The zero-order chi connectivity index (χ0) is 21.8. The number of rotatable bonds is 6. The average Bonchev–Trinajstić information content (AvgIpc) is 3.29. The number of pyridine rings is 2. The lowest BCUT2D eigenvalue weighted by Gasteiger charge is -2.22. The number of aromatic nitrogens is 4. The van der Waals surface area contributed by atoms with Crippen molar-refractivity contribution < 1.29 is 22.4 Å². The zero-order valence-electron chi connectivity index (χ0n) is 15.8. The number of hydrogen-bond donors (Lipinski definition) is 0. The van der Waals surface area contributed by atoms with Gasteiger partial charge in [-0.25, -0.2) is 4.39 Å². The summed E-state index contributed by atoms with van der Waals surface area (Å²) in [7, 11) is 0. The van der Waals surface area contributed by atoms with Crippen molar-refractivity contribution in [2.24, 2.45) is 0 Å². The molecule has 0 bridgehead atoms. The van der Waals surface area contributed by atoms with Crippen molar-refractivity contribution >= 4 is 11.6 Å². The van der Waals surface area contributed by atoms with E-state index in [1.165, 1.54) is 35.5 Å². The Balaban J connectivity index is 1.61. The van der Waals surface area contributed by atoms with Crippen LogP contribution in [0.3, 0.4) is 0 Å². The molecular weight excluding hydrogens is 411 g/mol. The molecule has 0 radical (unpaired) electrons. The Kier molecular flexibility index (Phi) is 5.69. The molecule has 0 unspecified atom stereocenters. The third-order valence-electron chi connectivity index (χ3n) is 4.29. The summed E-state index contributed by atoms with van der Waals surface area (Å²) in [4.78, 5) is 22.6. The summed E-state index contributed by atoms with van der Waals surface area (Å²) in [5, 5.41) is 6.85. The number of carbonyl (C=O) groups excluding carboxylic acids is 1. The highest BCUT2D eigenvalue weighted by Gasteiger charge is 2.20. The Morgan fingerprint density at radius 1 is 1.06 bits per heavy atom. The number of amides is 1. The van der Waals surface area contributed by atoms with Gasteiger partial charge in [0, 0.05) is 24.3 Å². The summed E-state index contributed by atoms with van der Waals surface area (Å²) < 4.78 is 44.0. The van der Waals surface area contributed by atoms with Gasteiger partial charge in [-0.1, -0.05) is 6.07 Å². The first-order valence-corrected chi connectivity index (χ1v) is 9.05. The molecule has 0 spiro atoms. The Bertz CT molecular complexity index is 1180. The number of hydrogen-bond acceptors (Lipinski definition) is 6. The van der Waals surface area contributed by atoms with Gasteiger partial charge in [-0.05, 0) is 42.5 Å². The number of benzene rings is 1. The lowest BCUT2D eigenvalue weighted by Crippen LogP contribution is -2.31. The van der Waals surface area contributed by atoms with Crippen LogP contribution in [-0.4, -0.2) is 26.1 Å². The van der Waals surface area contributed by atoms with Crippen molar-refractivity contribution in [3.05, 3.63) is 90.1 Å². The molecule has 3 heterocycles. The molecule has 0 atom stereocenters. The second-order valence-electron chi connectivity index (χ2n) is 6.40. The number of anilines is 1. The van der Waals surface area contributed by atoms with Gasteiger partial charge in [-0.15, -0.1) is 10.2 Å². The highest BCUT2D eigenvalue weighted by Crippen LogP contribution is 2.24. The molecule has 0 saturated heterocycles. The summed E-state index contributed by atoms with van der Waals surface area (Å²) in [6.07, 6.45) is 1.46. The molecule has 0 aliphatic carbocycles. The molecule has 7 nitrogen and oxygen atoms in total. The predicted molar refractivity (Wildman–Crippen MR) is 104 cm³/mol. The van der Waals surface area contributed by atoms with Crippen molar-refractivity contribution in [2.75, 3.05) is 4.90 Å². The van der Waals surface area contributed by atoms with Crippen molar-refractivity contribution in [3.8, 4) is 11.5 Å². The van der Waals surface area contributed by atoms with Crippen molar-refractivity contribution in [1.29, 1.82) is 0 Å². The lowest BCUT2D eigenvalue weighted by atomic mass is 10.2. The van der Waals surface area contributed by atoms with Crippen LogP contribution in [0.2, 0.25) is 0 Å². The van der Waals surface area contributed by atoms with E-state index in [-0.39, 0.29) is 18.3 Å². The number of carbonyl (C=O) groups is 1. The maximum absolute atomic E-state index is 13.8. The molecule has 0 aliphatic rings. The molecule has 0 N–H and O–H groups in total. The average molecular weight is 425 g/mol. The number of halogens is 3. The monoisotopic (exact) mass is 425 g/mol. The molecule has 4 aromatic rings. The van der Waals surface area contributed by atoms with Gasteiger partial charge in [-0.2, -0.15) is 8.78 Å². The van der Waals surface area contributed by atoms with E-state index in [2.05, 4.69) is 20.2 Å². The van der Waals surface area contributed by atoms with E-state index >= 15 is 0 Å². The minimum absolute atomic E-state index is 0.0313. The fraction of sp³-hybridized carbons (Fsp3) is 0.0952. The van der Waals surface area contributed by atoms with E-state index in [0.717, 1.165) is 0 Å². The Hall–Kier alpha value is -4.08. The zero-order valence-corrected chi connectivity index (χ0v) is 15.8. The number of alkyl halides is 2. The largest absolute Gasteiger partial charge is 0.415 e. The van der Waals surface area contributed by atoms with Crippen molar-refractivity contribution in [1.82, 2.24) is 20.2 Å². The van der Waals surface area contributed by atoms with Crippen LogP contribution in [0, 0.1) is 5.82 Å². The van der Waals surface area contributed by atoms with Crippen LogP contribution in [0.5, 0.6) is 0 Å². The van der Waals surface area contributed by atoms with Crippen LogP contribution in [0.15, 0.2) is 71.5 Å². The van der Waals surface area contributed by atoms with E-state index in [9.17, 15) is 18.0 Å². The second-order valence-corrected chi connectivity index (χ2v) is 6.40. The van der Waals surface area contributed by atoms with Crippen LogP contribution < -0.4 is 4.90 Å². The molecule has 4 rings (SSSR count). The first-order chi connectivity index (χ1) is 15.0. The third kappa shape index (κ3) is 4.58. The van der Waals surface area contributed by atoms with Crippen LogP contribution in [0.1, 0.15) is 28.4 Å². The fourth-order valence-corrected chi connectivity index (χ4v) is 2.82. The molecule has 0 aliphatic heterocycles. The molecular formula is C21H14F3N5O2. The summed E-state index contributed by atoms with van der Waals surface area (Å²) in [6.45, 7) is 0.0313. The van der Waals surface area contributed by atoms with Crippen LogP contribution in [0.25, 0.3) is 11.5 Å². The van der Waals surface area contributed by atoms with Gasteiger partial charge in [0.15, 0.2) is 0 Å². The smallest absolute Gasteiger partial charge is 0.314 e. The van der Waals surface area contributed by atoms with Crippen LogP contribution in [0.4, 0.5) is 18.9 Å². The van der Waals surface area contributed by atoms with Gasteiger partial charge in [0.1, 0.15) is 5.82 Å². The summed E-state index contributed by atoms with van der Waals surface area (Å²) in [5.41, 5.74) is 1.49. The lowest BCUT2D eigenvalue weighted by molar-refractivity contribution is 0.0984. The summed E-state index contributed by atoms with van der Waals surface area (Å²) in [6, 6.07) is 12.0. The summed E-state index contributed by atoms with van der Waals surface area (Å²) >= 11 is 0. The fourth-order valence-electron chi connectivity index (χ4n) is 2.82. The first-order valence-electron chi connectivity index (χ1n) is 9.05. The molecule has 31 heavy (non-hydrogen) atoms. The maximum Gasteiger partial charge on any atom is 0.314 e. The van der Waals surface area contributed by atoms with E-state index in [1.807, 2.05) is 0 Å².